The third-order valence-electron chi connectivity index (χ3n) is 3.66. The quantitative estimate of drug-likeness (QED) is 0.413. The Balaban J connectivity index is 1.48. The van der Waals surface area contributed by atoms with Crippen molar-refractivity contribution in [2.75, 3.05) is 13.1 Å². The molecule has 2 aliphatic heterocycles. The summed E-state index contributed by atoms with van der Waals surface area (Å²) in [7, 11) is 0. The highest BCUT2D eigenvalue weighted by Crippen LogP contribution is 2.21. The Labute approximate surface area is 103 Å². The molecule has 0 aromatic heterocycles. The van der Waals surface area contributed by atoms with Crippen molar-refractivity contribution in [1.82, 2.24) is 16.1 Å². The van der Waals surface area contributed by atoms with Crippen LogP contribution < -0.4 is 16.1 Å². The Bertz CT molecular complexity index is 210. The molecule has 100 valence electrons. The molecule has 2 aliphatic rings. The van der Waals surface area contributed by atoms with Gasteiger partial charge in [0, 0.05) is 0 Å². The lowest BCUT2D eigenvalue weighted by Gasteiger charge is -2.24. The average Bonchev–Trinajstić information content (AvgIpc) is 2.84. The molecule has 0 radical (unpaired) electrons. The highest BCUT2D eigenvalue weighted by atomic mass is 16.6. The minimum Gasteiger partial charge on any atom is -0.358 e. The molecule has 2 heterocycles. The van der Waals surface area contributed by atoms with E-state index in [0.29, 0.717) is 12.3 Å². The Morgan fingerprint density at radius 1 is 1.24 bits per heavy atom. The first-order valence-electron chi connectivity index (χ1n) is 6.90. The fourth-order valence-electron chi connectivity index (χ4n) is 2.65. The number of piperidine rings is 1. The van der Waals surface area contributed by atoms with Crippen LogP contribution in [0.4, 0.5) is 0 Å². The molecule has 2 rings (SSSR count). The summed E-state index contributed by atoms with van der Waals surface area (Å²) < 4.78 is 5.60. The van der Waals surface area contributed by atoms with E-state index in [1.54, 1.807) is 0 Å². The van der Waals surface area contributed by atoms with Gasteiger partial charge in [0.2, 0.25) is 0 Å². The maximum atomic E-state index is 8.73. The Hall–Kier alpha value is -0.200. The zero-order valence-corrected chi connectivity index (χ0v) is 10.5. The Morgan fingerprint density at radius 3 is 2.88 bits per heavy atom. The van der Waals surface area contributed by atoms with E-state index in [2.05, 4.69) is 16.1 Å². The summed E-state index contributed by atoms with van der Waals surface area (Å²) in [6, 6.07) is 0. The summed E-state index contributed by atoms with van der Waals surface area (Å²) >= 11 is 0. The third-order valence-corrected chi connectivity index (χ3v) is 3.66. The summed E-state index contributed by atoms with van der Waals surface area (Å²) in [5.74, 6) is 0. The maximum absolute atomic E-state index is 8.73. The van der Waals surface area contributed by atoms with Crippen LogP contribution in [-0.2, 0) is 4.74 Å². The van der Waals surface area contributed by atoms with Crippen LogP contribution in [0.1, 0.15) is 44.9 Å². The van der Waals surface area contributed by atoms with Crippen LogP contribution in [0.3, 0.4) is 0 Å². The van der Waals surface area contributed by atoms with E-state index in [1.807, 2.05) is 0 Å². The van der Waals surface area contributed by atoms with Crippen LogP contribution in [0.25, 0.3) is 0 Å². The molecule has 5 heteroatoms. The second-order valence-electron chi connectivity index (χ2n) is 5.05. The number of rotatable bonds is 6. The molecular weight excluding hydrogens is 218 g/mol. The van der Waals surface area contributed by atoms with Gasteiger partial charge in [0.25, 0.3) is 0 Å². The monoisotopic (exact) mass is 243 g/mol. The molecule has 0 aromatic rings. The van der Waals surface area contributed by atoms with Gasteiger partial charge in [-0.05, 0) is 58.0 Å². The van der Waals surface area contributed by atoms with Gasteiger partial charge < -0.3 is 20.6 Å². The lowest BCUT2D eigenvalue weighted by molar-refractivity contribution is -0.0497. The summed E-state index contributed by atoms with van der Waals surface area (Å²) in [5.41, 5.74) is 2.19. The van der Waals surface area contributed by atoms with Crippen LogP contribution in [0.15, 0.2) is 0 Å². The second kappa shape index (κ2) is 7.28. The number of nitrogens with one attached hydrogen (secondary N) is 3. The van der Waals surface area contributed by atoms with E-state index in [0.717, 1.165) is 38.8 Å². The van der Waals surface area contributed by atoms with Gasteiger partial charge in [-0.3, -0.25) is 0 Å². The molecule has 3 unspecified atom stereocenters. The molecule has 0 spiro atoms. The fraction of sp³-hybridized carbons (Fsp3) is 1.00. The molecular formula is C12H25N3O2. The fourth-order valence-corrected chi connectivity index (χ4v) is 2.65. The van der Waals surface area contributed by atoms with E-state index in [9.17, 15) is 0 Å². The first-order valence-corrected chi connectivity index (χ1v) is 6.90. The number of hydrogen-bond donors (Lipinski definition) is 4. The summed E-state index contributed by atoms with van der Waals surface area (Å²) in [4.78, 5) is 0. The molecule has 5 nitrogen and oxygen atoms in total. The average molecular weight is 243 g/mol. The van der Waals surface area contributed by atoms with Gasteiger partial charge >= 0.3 is 0 Å². The number of ether oxygens (including phenoxy) is 1. The lowest BCUT2D eigenvalue weighted by Crippen LogP contribution is -2.45. The summed E-state index contributed by atoms with van der Waals surface area (Å²) in [6.07, 6.45) is 8.77. The van der Waals surface area contributed by atoms with Crippen molar-refractivity contribution in [3.8, 4) is 0 Å². The zero-order valence-electron chi connectivity index (χ0n) is 10.5. The normalized spacial score (nSPS) is 34.1. The first-order chi connectivity index (χ1) is 8.38. The van der Waals surface area contributed by atoms with Crippen molar-refractivity contribution in [1.29, 1.82) is 0 Å². The van der Waals surface area contributed by atoms with Gasteiger partial charge in [-0.2, -0.15) is 5.48 Å². The Kier molecular flexibility index (Phi) is 5.67. The predicted octanol–water partition coefficient (Wildman–Crippen LogP) is 0.940. The van der Waals surface area contributed by atoms with Gasteiger partial charge in [-0.1, -0.05) is 0 Å². The van der Waals surface area contributed by atoms with E-state index in [1.165, 1.54) is 19.3 Å². The van der Waals surface area contributed by atoms with Crippen molar-refractivity contribution in [2.45, 2.75) is 63.4 Å². The molecule has 17 heavy (non-hydrogen) atoms. The van der Waals surface area contributed by atoms with Crippen molar-refractivity contribution in [3.05, 3.63) is 0 Å². The van der Waals surface area contributed by atoms with Gasteiger partial charge in [0.1, 0.15) is 6.23 Å². The minimum absolute atomic E-state index is 0.145. The smallest absolute Gasteiger partial charge is 0.130 e. The molecule has 4 N–H and O–H groups in total. The highest BCUT2D eigenvalue weighted by Gasteiger charge is 2.23. The molecule has 0 saturated carbocycles. The van der Waals surface area contributed by atoms with Gasteiger partial charge in [-0.25, -0.2) is 0 Å². The molecule has 0 bridgehead atoms. The molecule has 3 atom stereocenters. The summed E-state index contributed by atoms with van der Waals surface area (Å²) in [5, 5.41) is 15.7. The van der Waals surface area contributed by atoms with Gasteiger partial charge in [0.15, 0.2) is 0 Å². The zero-order chi connectivity index (χ0) is 11.9. The number of hydrogen-bond acceptors (Lipinski definition) is 5. The SMILES string of the molecule is ONC1CCC(CCCNC2CCCCN2)O1. The van der Waals surface area contributed by atoms with Crippen molar-refractivity contribution in [3.63, 3.8) is 0 Å². The third kappa shape index (κ3) is 4.52. The molecule has 2 fully saturated rings. The number of hydroxylamine groups is 1. The molecule has 2 saturated heterocycles. The van der Waals surface area contributed by atoms with E-state index >= 15 is 0 Å². The molecule has 0 aromatic carbocycles. The lowest BCUT2D eigenvalue weighted by atomic mass is 10.1. The van der Waals surface area contributed by atoms with Crippen LogP contribution in [0.2, 0.25) is 0 Å². The summed E-state index contributed by atoms with van der Waals surface area (Å²) in [6.45, 7) is 2.20. The maximum Gasteiger partial charge on any atom is 0.130 e. The van der Waals surface area contributed by atoms with Crippen LogP contribution >= 0.6 is 0 Å². The Morgan fingerprint density at radius 2 is 2.18 bits per heavy atom. The van der Waals surface area contributed by atoms with Crippen molar-refractivity contribution < 1.29 is 9.94 Å². The first kappa shape index (κ1) is 13.2. The van der Waals surface area contributed by atoms with Crippen molar-refractivity contribution >= 4 is 0 Å². The molecule has 0 amide bonds. The highest BCUT2D eigenvalue weighted by molar-refractivity contribution is 4.72. The second-order valence-corrected chi connectivity index (χ2v) is 5.05. The topological polar surface area (TPSA) is 65.5 Å². The van der Waals surface area contributed by atoms with E-state index < -0.39 is 0 Å². The standard InChI is InChI=1S/C12H25N3O2/c16-15-12-7-6-10(17-12)4-3-9-14-11-5-1-2-8-13-11/h10-16H,1-9H2. The van der Waals surface area contributed by atoms with Crippen molar-refractivity contribution in [2.24, 2.45) is 0 Å². The predicted molar refractivity (Wildman–Crippen MR) is 65.7 cm³/mol. The van der Waals surface area contributed by atoms with E-state index in [4.69, 9.17) is 9.94 Å². The van der Waals surface area contributed by atoms with Crippen LogP contribution in [0, 0.1) is 0 Å². The van der Waals surface area contributed by atoms with Crippen LogP contribution in [0.5, 0.6) is 0 Å². The van der Waals surface area contributed by atoms with Gasteiger partial charge in [0.05, 0.1) is 12.3 Å². The minimum atomic E-state index is -0.145. The van der Waals surface area contributed by atoms with E-state index in [-0.39, 0.29) is 6.23 Å². The molecule has 0 aliphatic carbocycles. The van der Waals surface area contributed by atoms with Gasteiger partial charge in [-0.15, -0.1) is 0 Å². The largest absolute Gasteiger partial charge is 0.358 e. The van der Waals surface area contributed by atoms with Crippen LogP contribution in [-0.4, -0.2) is 36.8 Å².